The second-order valence-corrected chi connectivity index (χ2v) is 5.60. The van der Waals surface area contributed by atoms with Crippen molar-refractivity contribution >= 4 is 0 Å². The van der Waals surface area contributed by atoms with Crippen molar-refractivity contribution in [3.8, 4) is 0 Å². The summed E-state index contributed by atoms with van der Waals surface area (Å²) in [6.45, 7) is 12.0. The second kappa shape index (κ2) is 8.93. The molecule has 2 unspecified atom stereocenters. The molecule has 0 aromatic rings. The predicted molar refractivity (Wildman–Crippen MR) is 76.4 cm³/mol. The van der Waals surface area contributed by atoms with E-state index in [9.17, 15) is 0 Å². The van der Waals surface area contributed by atoms with E-state index in [1.54, 1.807) is 0 Å². The summed E-state index contributed by atoms with van der Waals surface area (Å²) in [7, 11) is 0. The van der Waals surface area contributed by atoms with Crippen LogP contribution in [0.1, 0.15) is 59.3 Å². The van der Waals surface area contributed by atoms with E-state index in [4.69, 9.17) is 0 Å². The molecule has 0 aromatic carbocycles. The molecule has 0 saturated carbocycles. The van der Waals surface area contributed by atoms with E-state index >= 15 is 0 Å². The lowest BCUT2D eigenvalue weighted by atomic mass is 9.91. The molecule has 2 heteroatoms. The number of nitrogens with one attached hydrogen (secondary N) is 1. The molecule has 17 heavy (non-hydrogen) atoms. The van der Waals surface area contributed by atoms with Crippen LogP contribution in [0.4, 0.5) is 0 Å². The summed E-state index contributed by atoms with van der Waals surface area (Å²) in [5.41, 5.74) is 0. The molecule has 102 valence electrons. The summed E-state index contributed by atoms with van der Waals surface area (Å²) in [4.78, 5) is 2.60. The Bertz CT molecular complexity index is 182. The van der Waals surface area contributed by atoms with E-state index in [0.717, 1.165) is 5.92 Å². The van der Waals surface area contributed by atoms with Gasteiger partial charge in [-0.05, 0) is 51.7 Å². The van der Waals surface area contributed by atoms with E-state index in [-0.39, 0.29) is 0 Å². The third-order valence-corrected chi connectivity index (χ3v) is 4.19. The SMILES string of the molecule is CCCCCCNC(C)C1CCCN(CC)C1. The smallest absolute Gasteiger partial charge is 0.00792 e. The van der Waals surface area contributed by atoms with Crippen LogP contribution in [0.15, 0.2) is 0 Å². The van der Waals surface area contributed by atoms with E-state index in [0.29, 0.717) is 6.04 Å². The highest BCUT2D eigenvalue weighted by Crippen LogP contribution is 2.19. The molecule has 1 fully saturated rings. The van der Waals surface area contributed by atoms with Gasteiger partial charge in [0.05, 0.1) is 0 Å². The number of nitrogens with zero attached hydrogens (tertiary/aromatic N) is 1. The molecule has 2 atom stereocenters. The zero-order valence-electron chi connectivity index (χ0n) is 12.2. The highest BCUT2D eigenvalue weighted by Gasteiger charge is 2.23. The van der Waals surface area contributed by atoms with Gasteiger partial charge in [0.2, 0.25) is 0 Å². The molecule has 1 N–H and O–H groups in total. The van der Waals surface area contributed by atoms with Gasteiger partial charge in [-0.1, -0.05) is 33.1 Å². The van der Waals surface area contributed by atoms with Crippen molar-refractivity contribution in [3.05, 3.63) is 0 Å². The molecule has 1 heterocycles. The van der Waals surface area contributed by atoms with E-state index in [1.165, 1.54) is 64.7 Å². The first-order chi connectivity index (χ1) is 8.27. The van der Waals surface area contributed by atoms with Gasteiger partial charge in [-0.3, -0.25) is 0 Å². The molecule has 0 spiro atoms. The summed E-state index contributed by atoms with van der Waals surface area (Å²) in [6.07, 6.45) is 8.27. The minimum Gasteiger partial charge on any atom is -0.314 e. The molecule has 0 aliphatic carbocycles. The zero-order chi connectivity index (χ0) is 12.5. The number of piperidine rings is 1. The summed E-state index contributed by atoms with van der Waals surface area (Å²) in [6, 6.07) is 0.700. The fraction of sp³-hybridized carbons (Fsp3) is 1.00. The van der Waals surface area contributed by atoms with Crippen molar-refractivity contribution in [1.82, 2.24) is 10.2 Å². The Morgan fingerprint density at radius 2 is 2.06 bits per heavy atom. The van der Waals surface area contributed by atoms with Crippen molar-refractivity contribution in [1.29, 1.82) is 0 Å². The standard InChI is InChI=1S/C15H32N2/c1-4-6-7-8-11-16-14(3)15-10-9-12-17(5-2)13-15/h14-16H,4-13H2,1-3H3. The Morgan fingerprint density at radius 3 is 2.76 bits per heavy atom. The van der Waals surface area contributed by atoms with Crippen LogP contribution >= 0.6 is 0 Å². The van der Waals surface area contributed by atoms with E-state index in [1.807, 2.05) is 0 Å². The number of rotatable bonds is 8. The largest absolute Gasteiger partial charge is 0.314 e. The minimum atomic E-state index is 0.700. The fourth-order valence-corrected chi connectivity index (χ4v) is 2.83. The summed E-state index contributed by atoms with van der Waals surface area (Å²) in [5, 5.41) is 3.73. The van der Waals surface area contributed by atoms with Crippen molar-refractivity contribution in [3.63, 3.8) is 0 Å². The zero-order valence-corrected chi connectivity index (χ0v) is 12.2. The molecule has 2 nitrogen and oxygen atoms in total. The van der Waals surface area contributed by atoms with Crippen LogP contribution < -0.4 is 5.32 Å². The quantitative estimate of drug-likeness (QED) is 0.655. The summed E-state index contributed by atoms with van der Waals surface area (Å²) < 4.78 is 0. The number of unbranched alkanes of at least 4 members (excludes halogenated alkanes) is 3. The van der Waals surface area contributed by atoms with Crippen LogP contribution in [0.2, 0.25) is 0 Å². The van der Waals surface area contributed by atoms with Gasteiger partial charge in [0.25, 0.3) is 0 Å². The Labute approximate surface area is 108 Å². The summed E-state index contributed by atoms with van der Waals surface area (Å²) >= 11 is 0. The van der Waals surface area contributed by atoms with E-state index < -0.39 is 0 Å². The average molecular weight is 240 g/mol. The van der Waals surface area contributed by atoms with Gasteiger partial charge in [-0.15, -0.1) is 0 Å². The van der Waals surface area contributed by atoms with Gasteiger partial charge < -0.3 is 10.2 Å². The van der Waals surface area contributed by atoms with Crippen LogP contribution in [0.3, 0.4) is 0 Å². The highest BCUT2D eigenvalue weighted by atomic mass is 15.1. The molecular weight excluding hydrogens is 208 g/mol. The minimum absolute atomic E-state index is 0.700. The molecule has 1 saturated heterocycles. The molecule has 0 radical (unpaired) electrons. The first-order valence-corrected chi connectivity index (χ1v) is 7.73. The Morgan fingerprint density at radius 1 is 1.24 bits per heavy atom. The van der Waals surface area contributed by atoms with Crippen molar-refractivity contribution in [2.75, 3.05) is 26.2 Å². The molecule has 1 aliphatic heterocycles. The lowest BCUT2D eigenvalue weighted by Gasteiger charge is -2.35. The maximum absolute atomic E-state index is 3.73. The first kappa shape index (κ1) is 15.0. The van der Waals surface area contributed by atoms with Gasteiger partial charge in [-0.25, -0.2) is 0 Å². The number of likely N-dealkylation sites (tertiary alicyclic amines) is 1. The predicted octanol–water partition coefficient (Wildman–Crippen LogP) is 3.28. The lowest BCUT2D eigenvalue weighted by molar-refractivity contribution is 0.157. The maximum atomic E-state index is 3.73. The van der Waals surface area contributed by atoms with Crippen LogP contribution in [0.5, 0.6) is 0 Å². The second-order valence-electron chi connectivity index (χ2n) is 5.60. The van der Waals surface area contributed by atoms with Crippen LogP contribution in [-0.4, -0.2) is 37.1 Å². The molecular formula is C15H32N2. The Balaban J connectivity index is 2.11. The molecule has 0 aromatic heterocycles. The van der Waals surface area contributed by atoms with Gasteiger partial charge in [0.1, 0.15) is 0 Å². The first-order valence-electron chi connectivity index (χ1n) is 7.73. The molecule has 1 aliphatic rings. The topological polar surface area (TPSA) is 15.3 Å². The van der Waals surface area contributed by atoms with Crippen LogP contribution in [-0.2, 0) is 0 Å². The van der Waals surface area contributed by atoms with Crippen molar-refractivity contribution in [2.45, 2.75) is 65.3 Å². The Kier molecular flexibility index (Phi) is 7.87. The highest BCUT2D eigenvalue weighted by molar-refractivity contribution is 4.79. The van der Waals surface area contributed by atoms with Crippen molar-refractivity contribution in [2.24, 2.45) is 5.92 Å². The third kappa shape index (κ3) is 5.87. The normalized spacial score (nSPS) is 23.8. The number of hydrogen-bond donors (Lipinski definition) is 1. The monoisotopic (exact) mass is 240 g/mol. The van der Waals surface area contributed by atoms with Gasteiger partial charge in [0, 0.05) is 12.6 Å². The van der Waals surface area contributed by atoms with Gasteiger partial charge in [-0.2, -0.15) is 0 Å². The van der Waals surface area contributed by atoms with E-state index in [2.05, 4.69) is 31.0 Å². The number of hydrogen-bond acceptors (Lipinski definition) is 2. The maximum Gasteiger partial charge on any atom is 0.00792 e. The van der Waals surface area contributed by atoms with Gasteiger partial charge in [0.15, 0.2) is 0 Å². The molecule has 0 bridgehead atoms. The van der Waals surface area contributed by atoms with Gasteiger partial charge >= 0.3 is 0 Å². The lowest BCUT2D eigenvalue weighted by Crippen LogP contribution is -2.44. The molecule has 1 rings (SSSR count). The van der Waals surface area contributed by atoms with Crippen LogP contribution in [0.25, 0.3) is 0 Å². The third-order valence-electron chi connectivity index (χ3n) is 4.19. The average Bonchev–Trinajstić information content (AvgIpc) is 2.38. The fourth-order valence-electron chi connectivity index (χ4n) is 2.83. The van der Waals surface area contributed by atoms with Crippen molar-refractivity contribution < 1.29 is 0 Å². The molecule has 0 amide bonds. The van der Waals surface area contributed by atoms with Crippen LogP contribution in [0, 0.1) is 5.92 Å². The Hall–Kier alpha value is -0.0800. The summed E-state index contributed by atoms with van der Waals surface area (Å²) in [5.74, 6) is 0.870.